The van der Waals surface area contributed by atoms with E-state index in [9.17, 15) is 9.90 Å². The topological polar surface area (TPSA) is 65.0 Å². The molecule has 0 fully saturated rings. The number of carbonyl (C=O) groups excluding carboxylic acids is 1. The SMILES string of the molecule is CCOC(=O)/C=C/C(C)=C/C[C@@H](O)[C@@H](C)[C@@H](C#C[Si](C)(C)C(C)(C)C)OCOC. The summed E-state index contributed by atoms with van der Waals surface area (Å²) in [7, 11) is -0.210. The van der Waals surface area contributed by atoms with Crippen molar-refractivity contribution in [2.45, 2.75) is 78.3 Å². The molecule has 0 unspecified atom stereocenters. The highest BCUT2D eigenvalue weighted by Gasteiger charge is 2.34. The Labute approximate surface area is 178 Å². The molecule has 6 heteroatoms. The van der Waals surface area contributed by atoms with Gasteiger partial charge >= 0.3 is 5.97 Å². The molecule has 0 aliphatic carbocycles. The lowest BCUT2D eigenvalue weighted by atomic mass is 9.95. The zero-order valence-electron chi connectivity index (χ0n) is 19.7. The number of hydrogen-bond donors (Lipinski definition) is 1. The number of aliphatic hydroxyl groups is 1. The number of esters is 1. The molecule has 3 atom stereocenters. The maximum Gasteiger partial charge on any atom is 0.330 e. The van der Waals surface area contributed by atoms with E-state index in [1.807, 2.05) is 19.9 Å². The fourth-order valence-electron chi connectivity index (χ4n) is 2.09. The van der Waals surface area contributed by atoms with Gasteiger partial charge in [0.25, 0.3) is 0 Å². The van der Waals surface area contributed by atoms with Gasteiger partial charge in [-0.3, -0.25) is 0 Å². The minimum atomic E-state index is -1.78. The molecule has 0 spiro atoms. The van der Waals surface area contributed by atoms with Gasteiger partial charge in [0.2, 0.25) is 0 Å². The second kappa shape index (κ2) is 13.0. The fourth-order valence-corrected chi connectivity index (χ4v) is 2.96. The van der Waals surface area contributed by atoms with Gasteiger partial charge in [-0.2, -0.15) is 0 Å². The minimum Gasteiger partial charge on any atom is -0.463 e. The number of rotatable bonds is 10. The van der Waals surface area contributed by atoms with Crippen LogP contribution in [0.2, 0.25) is 18.1 Å². The number of methoxy groups -OCH3 is 1. The highest BCUT2D eigenvalue weighted by Crippen LogP contribution is 2.35. The Bertz CT molecular complexity index is 619. The van der Waals surface area contributed by atoms with E-state index in [1.165, 1.54) is 6.08 Å². The Hall–Kier alpha value is -1.39. The maximum atomic E-state index is 11.4. The van der Waals surface area contributed by atoms with E-state index in [1.54, 1.807) is 20.1 Å². The highest BCUT2D eigenvalue weighted by molar-refractivity contribution is 6.87. The number of ether oxygens (including phenoxy) is 3. The zero-order valence-corrected chi connectivity index (χ0v) is 20.7. The molecule has 166 valence electrons. The summed E-state index contributed by atoms with van der Waals surface area (Å²) in [5.41, 5.74) is 4.35. The molecule has 0 rings (SSSR count). The van der Waals surface area contributed by atoms with Crippen molar-refractivity contribution in [1.29, 1.82) is 0 Å². The number of allylic oxidation sites excluding steroid dienone is 2. The molecule has 0 saturated carbocycles. The summed E-state index contributed by atoms with van der Waals surface area (Å²) in [6.07, 6.45) is 4.37. The standard InChI is InChI=1S/C23H40O5Si/c1-10-27-22(25)14-12-18(2)11-13-20(24)19(3)21(28-17-26-7)15-16-29(8,9)23(4,5)6/h11-12,14,19-21,24H,10,13,17H2,1-9H3/b14-12+,18-11+/t19-,20-,21-/m1/s1. The zero-order chi connectivity index (χ0) is 22.7. The van der Waals surface area contributed by atoms with E-state index in [0.717, 1.165) is 5.57 Å². The van der Waals surface area contributed by atoms with E-state index >= 15 is 0 Å². The molecule has 0 bridgehead atoms. The van der Waals surface area contributed by atoms with E-state index < -0.39 is 20.3 Å². The third-order valence-electron chi connectivity index (χ3n) is 5.30. The Morgan fingerprint density at radius 1 is 1.24 bits per heavy atom. The van der Waals surface area contributed by atoms with Crippen LogP contribution in [-0.2, 0) is 19.0 Å². The summed E-state index contributed by atoms with van der Waals surface area (Å²) in [6, 6.07) is 0. The normalized spacial score (nSPS) is 16.1. The summed E-state index contributed by atoms with van der Waals surface area (Å²) < 4.78 is 15.7. The molecule has 0 aromatic rings. The lowest BCUT2D eigenvalue weighted by Crippen LogP contribution is -2.37. The molecule has 29 heavy (non-hydrogen) atoms. The van der Waals surface area contributed by atoms with E-state index in [2.05, 4.69) is 45.3 Å². The van der Waals surface area contributed by atoms with Gasteiger partial charge in [0.15, 0.2) is 0 Å². The van der Waals surface area contributed by atoms with Crippen LogP contribution in [0.5, 0.6) is 0 Å². The van der Waals surface area contributed by atoms with Gasteiger partial charge < -0.3 is 19.3 Å². The number of aliphatic hydroxyl groups excluding tert-OH is 1. The van der Waals surface area contributed by atoms with E-state index in [4.69, 9.17) is 14.2 Å². The average Bonchev–Trinajstić information content (AvgIpc) is 2.63. The van der Waals surface area contributed by atoms with Crippen LogP contribution in [-0.4, -0.2) is 51.9 Å². The summed E-state index contributed by atoms with van der Waals surface area (Å²) in [6.45, 7) is 17.2. The predicted octanol–water partition coefficient (Wildman–Crippen LogP) is 4.48. The van der Waals surface area contributed by atoms with Gasteiger partial charge in [-0.25, -0.2) is 4.79 Å². The first-order valence-electron chi connectivity index (χ1n) is 10.2. The van der Waals surface area contributed by atoms with Crippen molar-refractivity contribution in [3.8, 4) is 11.5 Å². The molecule has 0 amide bonds. The van der Waals surface area contributed by atoms with Crippen LogP contribution in [0, 0.1) is 17.4 Å². The van der Waals surface area contributed by atoms with Crippen molar-refractivity contribution in [2.75, 3.05) is 20.5 Å². The molecule has 5 nitrogen and oxygen atoms in total. The van der Waals surface area contributed by atoms with Gasteiger partial charge in [0.1, 0.15) is 21.0 Å². The van der Waals surface area contributed by atoms with Crippen molar-refractivity contribution < 1.29 is 24.1 Å². The van der Waals surface area contributed by atoms with E-state index in [0.29, 0.717) is 13.0 Å². The largest absolute Gasteiger partial charge is 0.463 e. The lowest BCUT2D eigenvalue weighted by molar-refractivity contribution is -0.137. The van der Waals surface area contributed by atoms with Crippen LogP contribution in [0.15, 0.2) is 23.8 Å². The summed E-state index contributed by atoms with van der Waals surface area (Å²) in [5, 5.41) is 10.8. The molecule has 0 aromatic carbocycles. The molecule has 0 aliphatic heterocycles. The fraction of sp³-hybridized carbons (Fsp3) is 0.696. The highest BCUT2D eigenvalue weighted by atomic mass is 28.3. The molecule has 0 radical (unpaired) electrons. The third kappa shape index (κ3) is 10.8. The van der Waals surface area contributed by atoms with Gasteiger partial charge in [0.05, 0.1) is 12.7 Å². The maximum absolute atomic E-state index is 11.4. The second-order valence-corrected chi connectivity index (χ2v) is 13.8. The molecule has 0 saturated heterocycles. The molecule has 0 heterocycles. The number of carbonyl (C=O) groups is 1. The Morgan fingerprint density at radius 2 is 1.86 bits per heavy atom. The van der Waals surface area contributed by atoms with Gasteiger partial charge in [-0.1, -0.05) is 64.4 Å². The molecule has 0 aromatic heterocycles. The first-order chi connectivity index (χ1) is 13.4. The molecular weight excluding hydrogens is 384 g/mol. The molecule has 0 aliphatic rings. The van der Waals surface area contributed by atoms with Gasteiger partial charge in [0, 0.05) is 19.1 Å². The first-order valence-corrected chi connectivity index (χ1v) is 13.2. The van der Waals surface area contributed by atoms with Crippen LogP contribution in [0.3, 0.4) is 0 Å². The number of hydrogen-bond acceptors (Lipinski definition) is 5. The van der Waals surface area contributed by atoms with Crippen LogP contribution >= 0.6 is 0 Å². The van der Waals surface area contributed by atoms with Gasteiger partial charge in [-0.05, 0) is 25.3 Å². The minimum absolute atomic E-state index is 0.130. The summed E-state index contributed by atoms with van der Waals surface area (Å²) >= 11 is 0. The Morgan fingerprint density at radius 3 is 2.38 bits per heavy atom. The van der Waals surface area contributed by atoms with Crippen LogP contribution in [0.4, 0.5) is 0 Å². The van der Waals surface area contributed by atoms with Crippen molar-refractivity contribution in [3.63, 3.8) is 0 Å². The van der Waals surface area contributed by atoms with Crippen molar-refractivity contribution >= 4 is 14.0 Å². The smallest absolute Gasteiger partial charge is 0.330 e. The predicted molar refractivity (Wildman–Crippen MR) is 121 cm³/mol. The Kier molecular flexibility index (Phi) is 12.4. The van der Waals surface area contributed by atoms with Crippen molar-refractivity contribution in [1.82, 2.24) is 0 Å². The first kappa shape index (κ1) is 27.6. The quantitative estimate of drug-likeness (QED) is 0.140. The lowest BCUT2D eigenvalue weighted by Gasteiger charge is -2.32. The second-order valence-electron chi connectivity index (χ2n) is 8.83. The van der Waals surface area contributed by atoms with Crippen molar-refractivity contribution in [3.05, 3.63) is 23.8 Å². The van der Waals surface area contributed by atoms with E-state index in [-0.39, 0.29) is 23.7 Å². The third-order valence-corrected chi connectivity index (χ3v) is 9.82. The summed E-state index contributed by atoms with van der Waals surface area (Å²) in [4.78, 5) is 11.4. The van der Waals surface area contributed by atoms with Crippen LogP contribution < -0.4 is 0 Å². The summed E-state index contributed by atoms with van der Waals surface area (Å²) in [5.74, 6) is 2.71. The Balaban J connectivity index is 5.19. The average molecular weight is 425 g/mol. The van der Waals surface area contributed by atoms with Gasteiger partial charge in [-0.15, -0.1) is 5.54 Å². The monoisotopic (exact) mass is 424 g/mol. The van der Waals surface area contributed by atoms with Crippen molar-refractivity contribution in [2.24, 2.45) is 5.92 Å². The molecule has 1 N–H and O–H groups in total. The van der Waals surface area contributed by atoms with Crippen LogP contribution in [0.1, 0.15) is 48.0 Å². The van der Waals surface area contributed by atoms with Crippen LogP contribution in [0.25, 0.3) is 0 Å². The molecular formula is C23H40O5Si.